The van der Waals surface area contributed by atoms with E-state index in [1.807, 2.05) is 25.1 Å². The molecular weight excluding hydrogens is 254 g/mol. The second-order valence-electron chi connectivity index (χ2n) is 3.86. The van der Waals surface area contributed by atoms with Crippen molar-refractivity contribution in [1.29, 1.82) is 0 Å². The monoisotopic (exact) mass is 269 g/mol. The molecule has 0 radical (unpaired) electrons. The zero-order valence-corrected chi connectivity index (χ0v) is 11.4. The minimum Gasteiger partial charge on any atom is -0.382 e. The van der Waals surface area contributed by atoms with E-state index in [1.54, 1.807) is 11.3 Å². The molecule has 0 fully saturated rings. The number of para-hydroxylation sites is 1. The van der Waals surface area contributed by atoms with Gasteiger partial charge in [-0.15, -0.1) is 22.9 Å². The van der Waals surface area contributed by atoms with Crippen molar-refractivity contribution in [3.8, 4) is 0 Å². The molecule has 2 aromatic rings. The van der Waals surface area contributed by atoms with Gasteiger partial charge in [-0.05, 0) is 25.5 Å². The molecule has 0 aliphatic rings. The Bertz CT molecular complexity index is 438. The van der Waals surface area contributed by atoms with Crippen molar-refractivity contribution in [3.05, 3.63) is 29.3 Å². The van der Waals surface area contributed by atoms with Gasteiger partial charge in [-0.3, -0.25) is 0 Å². The molecule has 4 heteroatoms. The van der Waals surface area contributed by atoms with Gasteiger partial charge in [0.1, 0.15) is 0 Å². The van der Waals surface area contributed by atoms with Crippen molar-refractivity contribution in [2.24, 2.45) is 0 Å². The lowest BCUT2D eigenvalue weighted by atomic mass is 10.2. The van der Waals surface area contributed by atoms with Crippen LogP contribution in [0.25, 0.3) is 10.2 Å². The highest BCUT2D eigenvalue weighted by atomic mass is 35.5. The normalized spacial score (nSPS) is 13.1. The summed E-state index contributed by atoms with van der Waals surface area (Å²) in [6.45, 7) is 3.48. The topological polar surface area (TPSA) is 22.1 Å². The van der Waals surface area contributed by atoms with E-state index < -0.39 is 0 Å². The van der Waals surface area contributed by atoms with Gasteiger partial charge in [0.15, 0.2) is 0 Å². The summed E-state index contributed by atoms with van der Waals surface area (Å²) in [6, 6.07) is 8.19. The van der Waals surface area contributed by atoms with Crippen LogP contribution in [0.1, 0.15) is 18.4 Å². The lowest BCUT2D eigenvalue weighted by Gasteiger charge is -2.06. The molecule has 2 rings (SSSR count). The molecular formula is C13H16ClNOS. The Morgan fingerprint density at radius 2 is 2.24 bits per heavy atom. The molecule has 0 saturated heterocycles. The van der Waals surface area contributed by atoms with Gasteiger partial charge >= 0.3 is 0 Å². The van der Waals surface area contributed by atoms with E-state index in [9.17, 15) is 0 Å². The van der Waals surface area contributed by atoms with Crippen molar-refractivity contribution in [2.45, 2.75) is 25.1 Å². The predicted octanol–water partition coefficient (Wildman–Crippen LogP) is 3.87. The van der Waals surface area contributed by atoms with Crippen LogP contribution in [0.5, 0.6) is 0 Å². The van der Waals surface area contributed by atoms with E-state index in [0.717, 1.165) is 36.6 Å². The number of halogens is 1. The Morgan fingerprint density at radius 3 is 3.00 bits per heavy atom. The maximum absolute atomic E-state index is 6.27. The highest BCUT2D eigenvalue weighted by Gasteiger charge is 2.10. The van der Waals surface area contributed by atoms with Gasteiger partial charge in [-0.2, -0.15) is 0 Å². The molecule has 1 unspecified atom stereocenters. The number of benzene rings is 1. The van der Waals surface area contributed by atoms with Crippen LogP contribution < -0.4 is 0 Å². The number of ether oxygens (including phenoxy) is 1. The minimum atomic E-state index is 0.113. The smallest absolute Gasteiger partial charge is 0.0953 e. The molecule has 1 atom stereocenters. The summed E-state index contributed by atoms with van der Waals surface area (Å²) in [5.41, 5.74) is 1.07. The molecule has 92 valence electrons. The van der Waals surface area contributed by atoms with Gasteiger partial charge in [0.25, 0.3) is 0 Å². The summed E-state index contributed by atoms with van der Waals surface area (Å²) in [7, 11) is 0. The van der Waals surface area contributed by atoms with E-state index >= 15 is 0 Å². The van der Waals surface area contributed by atoms with Gasteiger partial charge in [-0.1, -0.05) is 12.1 Å². The van der Waals surface area contributed by atoms with E-state index in [1.165, 1.54) is 4.70 Å². The van der Waals surface area contributed by atoms with Crippen molar-refractivity contribution in [1.82, 2.24) is 4.98 Å². The number of aromatic nitrogens is 1. The molecule has 1 aromatic carbocycles. The molecule has 0 aliphatic heterocycles. The zero-order chi connectivity index (χ0) is 12.1. The van der Waals surface area contributed by atoms with Crippen molar-refractivity contribution < 1.29 is 4.74 Å². The number of rotatable bonds is 6. The molecule has 2 nitrogen and oxygen atoms in total. The fraction of sp³-hybridized carbons (Fsp3) is 0.462. The quantitative estimate of drug-likeness (QED) is 0.587. The maximum atomic E-state index is 6.27. The van der Waals surface area contributed by atoms with Gasteiger partial charge in [-0.25, -0.2) is 4.98 Å². The van der Waals surface area contributed by atoms with Crippen molar-refractivity contribution in [3.63, 3.8) is 0 Å². The van der Waals surface area contributed by atoms with Crippen LogP contribution >= 0.6 is 22.9 Å². The number of nitrogens with zero attached hydrogens (tertiary/aromatic N) is 1. The van der Waals surface area contributed by atoms with Gasteiger partial charge in [0, 0.05) is 25.0 Å². The lowest BCUT2D eigenvalue weighted by Crippen LogP contribution is -2.07. The maximum Gasteiger partial charge on any atom is 0.0953 e. The zero-order valence-electron chi connectivity index (χ0n) is 9.86. The Balaban J connectivity index is 1.93. The third kappa shape index (κ3) is 3.66. The van der Waals surface area contributed by atoms with E-state index in [0.29, 0.717) is 0 Å². The summed E-state index contributed by atoms with van der Waals surface area (Å²) >= 11 is 7.99. The van der Waals surface area contributed by atoms with Crippen molar-refractivity contribution >= 4 is 33.2 Å². The first-order chi connectivity index (χ1) is 8.29. The van der Waals surface area contributed by atoms with Crippen LogP contribution in [0.2, 0.25) is 0 Å². The summed E-state index contributed by atoms with van der Waals surface area (Å²) in [5.74, 6) is 0. The molecule has 0 saturated carbocycles. The summed E-state index contributed by atoms with van der Waals surface area (Å²) in [4.78, 5) is 4.57. The Morgan fingerprint density at radius 1 is 1.41 bits per heavy atom. The molecule has 0 bridgehead atoms. The number of thiazole rings is 1. The van der Waals surface area contributed by atoms with Gasteiger partial charge in [0.05, 0.1) is 15.2 Å². The number of hydrogen-bond acceptors (Lipinski definition) is 3. The largest absolute Gasteiger partial charge is 0.382 e. The van der Waals surface area contributed by atoms with Crippen LogP contribution in [0.3, 0.4) is 0 Å². The summed E-state index contributed by atoms with van der Waals surface area (Å²) in [6.07, 6.45) is 1.71. The molecule has 17 heavy (non-hydrogen) atoms. The first kappa shape index (κ1) is 12.8. The van der Waals surface area contributed by atoms with Crippen molar-refractivity contribution in [2.75, 3.05) is 13.2 Å². The Kier molecular flexibility index (Phi) is 4.77. The van der Waals surface area contributed by atoms with E-state index in [2.05, 4.69) is 11.1 Å². The van der Waals surface area contributed by atoms with Crippen LogP contribution in [0, 0.1) is 0 Å². The SMILES string of the molecule is CCOCCC(Cl)Cc1nc2ccccc2s1. The fourth-order valence-electron chi connectivity index (χ4n) is 1.65. The third-order valence-electron chi connectivity index (χ3n) is 2.51. The first-order valence-electron chi connectivity index (χ1n) is 5.86. The average Bonchev–Trinajstić information content (AvgIpc) is 2.71. The highest BCUT2D eigenvalue weighted by Crippen LogP contribution is 2.24. The van der Waals surface area contributed by atoms with Crippen LogP contribution in [0.15, 0.2) is 24.3 Å². The highest BCUT2D eigenvalue weighted by molar-refractivity contribution is 7.18. The average molecular weight is 270 g/mol. The van der Waals surface area contributed by atoms with Crippen LogP contribution in [-0.4, -0.2) is 23.6 Å². The first-order valence-corrected chi connectivity index (χ1v) is 7.11. The third-order valence-corrected chi connectivity index (χ3v) is 3.95. The van der Waals surface area contributed by atoms with Crippen LogP contribution in [-0.2, 0) is 11.2 Å². The number of alkyl halides is 1. The molecule has 0 spiro atoms. The lowest BCUT2D eigenvalue weighted by molar-refractivity contribution is 0.144. The number of hydrogen-bond donors (Lipinski definition) is 0. The van der Waals surface area contributed by atoms with Gasteiger partial charge in [0.2, 0.25) is 0 Å². The van der Waals surface area contributed by atoms with E-state index in [-0.39, 0.29) is 5.38 Å². The van der Waals surface area contributed by atoms with Crippen LogP contribution in [0.4, 0.5) is 0 Å². The summed E-state index contributed by atoms with van der Waals surface area (Å²) < 4.78 is 6.53. The molecule has 1 heterocycles. The van der Waals surface area contributed by atoms with Gasteiger partial charge < -0.3 is 4.74 Å². The standard InChI is InChI=1S/C13H16ClNOS/c1-2-16-8-7-10(14)9-13-15-11-5-3-4-6-12(11)17-13/h3-6,10H,2,7-9H2,1H3. The Hall–Kier alpha value is -0.640. The number of fused-ring (bicyclic) bond motifs is 1. The molecule has 0 N–H and O–H groups in total. The molecule has 1 aromatic heterocycles. The Labute approximate surface area is 111 Å². The second kappa shape index (κ2) is 6.34. The second-order valence-corrected chi connectivity index (χ2v) is 5.59. The fourth-order valence-corrected chi connectivity index (χ4v) is 3.03. The van der Waals surface area contributed by atoms with E-state index in [4.69, 9.17) is 16.3 Å². The molecule has 0 aliphatic carbocycles. The predicted molar refractivity (Wildman–Crippen MR) is 74.1 cm³/mol. The molecule has 0 amide bonds. The minimum absolute atomic E-state index is 0.113. The summed E-state index contributed by atoms with van der Waals surface area (Å²) in [5, 5.41) is 1.23.